The number of hydrogen-bond acceptors (Lipinski definition) is 5. The molecule has 1 aromatic carbocycles. The molecule has 2 aromatic rings. The summed E-state index contributed by atoms with van der Waals surface area (Å²) in [6.45, 7) is 1.67. The van der Waals surface area contributed by atoms with Crippen molar-refractivity contribution in [2.24, 2.45) is 5.92 Å². The highest BCUT2D eigenvalue weighted by Gasteiger charge is 2.49. The maximum atomic E-state index is 12.8. The average Bonchev–Trinajstić information content (AvgIpc) is 3.47. The Hall–Kier alpha value is -2.30. The lowest BCUT2D eigenvalue weighted by Gasteiger charge is -2.31. The van der Waals surface area contributed by atoms with Crippen molar-refractivity contribution >= 4 is 10.0 Å². The van der Waals surface area contributed by atoms with Gasteiger partial charge in [0, 0.05) is 12.6 Å². The predicted octanol–water partition coefficient (Wildman–Crippen LogP) is 2.46. The SMILES string of the molecule is CN([C@@](C)(C#N)C1CC1)S(=O)(=O)c1cnc(-c2ccccc2)nc1. The second kappa shape index (κ2) is 5.96. The summed E-state index contributed by atoms with van der Waals surface area (Å²) in [5.41, 5.74) is -0.230. The molecule has 0 bridgehead atoms. The first-order valence-corrected chi connectivity index (χ1v) is 9.11. The fourth-order valence-electron chi connectivity index (χ4n) is 2.66. The molecule has 0 amide bonds. The number of nitrogens with zero attached hydrogens (tertiary/aromatic N) is 4. The fourth-order valence-corrected chi connectivity index (χ4v) is 4.03. The zero-order valence-electron chi connectivity index (χ0n) is 13.5. The van der Waals surface area contributed by atoms with Gasteiger partial charge in [-0.1, -0.05) is 30.3 Å². The molecule has 1 atom stereocenters. The van der Waals surface area contributed by atoms with E-state index in [9.17, 15) is 13.7 Å². The van der Waals surface area contributed by atoms with Crippen LogP contribution in [0.1, 0.15) is 19.8 Å². The van der Waals surface area contributed by atoms with Gasteiger partial charge in [-0.05, 0) is 25.7 Å². The van der Waals surface area contributed by atoms with Crippen LogP contribution in [0.3, 0.4) is 0 Å². The Labute approximate surface area is 141 Å². The highest BCUT2D eigenvalue weighted by molar-refractivity contribution is 7.89. The van der Waals surface area contributed by atoms with E-state index in [0.717, 1.165) is 22.7 Å². The van der Waals surface area contributed by atoms with Crippen molar-refractivity contribution in [1.29, 1.82) is 5.26 Å². The minimum Gasteiger partial charge on any atom is -0.235 e. The van der Waals surface area contributed by atoms with Crippen molar-refractivity contribution in [2.75, 3.05) is 7.05 Å². The molecule has 0 unspecified atom stereocenters. The largest absolute Gasteiger partial charge is 0.247 e. The van der Waals surface area contributed by atoms with Gasteiger partial charge in [-0.25, -0.2) is 18.4 Å². The van der Waals surface area contributed by atoms with Crippen LogP contribution in [0.2, 0.25) is 0 Å². The molecule has 3 rings (SSSR count). The van der Waals surface area contributed by atoms with Crippen LogP contribution in [0.5, 0.6) is 0 Å². The summed E-state index contributed by atoms with van der Waals surface area (Å²) in [6, 6.07) is 11.5. The second-order valence-corrected chi connectivity index (χ2v) is 8.08. The monoisotopic (exact) mass is 342 g/mol. The first-order chi connectivity index (χ1) is 11.4. The molecule has 0 radical (unpaired) electrons. The number of aromatic nitrogens is 2. The molecular formula is C17H18N4O2S. The first-order valence-electron chi connectivity index (χ1n) is 7.67. The maximum absolute atomic E-state index is 12.8. The number of rotatable bonds is 5. The molecule has 1 aliphatic carbocycles. The Balaban J connectivity index is 1.92. The Bertz CT molecular complexity index is 871. The quantitative estimate of drug-likeness (QED) is 0.833. The van der Waals surface area contributed by atoms with E-state index in [0.29, 0.717) is 5.82 Å². The second-order valence-electron chi connectivity index (χ2n) is 6.11. The van der Waals surface area contributed by atoms with E-state index in [-0.39, 0.29) is 10.8 Å². The lowest BCUT2D eigenvalue weighted by atomic mass is 9.99. The van der Waals surface area contributed by atoms with Crippen LogP contribution < -0.4 is 0 Å². The van der Waals surface area contributed by atoms with Crippen LogP contribution in [0.25, 0.3) is 11.4 Å². The van der Waals surface area contributed by atoms with E-state index < -0.39 is 15.6 Å². The van der Waals surface area contributed by atoms with E-state index in [2.05, 4.69) is 16.0 Å². The van der Waals surface area contributed by atoms with Crippen LogP contribution in [0.4, 0.5) is 0 Å². The van der Waals surface area contributed by atoms with E-state index in [1.165, 1.54) is 19.4 Å². The van der Waals surface area contributed by atoms with E-state index in [1.807, 2.05) is 30.3 Å². The summed E-state index contributed by atoms with van der Waals surface area (Å²) in [5.74, 6) is 0.536. The minimum atomic E-state index is -3.83. The summed E-state index contributed by atoms with van der Waals surface area (Å²) in [5, 5.41) is 9.48. The van der Waals surface area contributed by atoms with Crippen LogP contribution in [-0.2, 0) is 10.0 Å². The third-order valence-corrected chi connectivity index (χ3v) is 6.48. The van der Waals surface area contributed by atoms with Crippen LogP contribution >= 0.6 is 0 Å². The smallest absolute Gasteiger partial charge is 0.235 e. The maximum Gasteiger partial charge on any atom is 0.247 e. The first kappa shape index (κ1) is 16.6. The van der Waals surface area contributed by atoms with Gasteiger partial charge >= 0.3 is 0 Å². The predicted molar refractivity (Wildman–Crippen MR) is 89.2 cm³/mol. The van der Waals surface area contributed by atoms with Gasteiger partial charge in [0.05, 0.1) is 18.5 Å². The highest BCUT2D eigenvalue weighted by Crippen LogP contribution is 2.43. The number of hydrogen-bond donors (Lipinski definition) is 0. The number of benzene rings is 1. The van der Waals surface area contributed by atoms with Crippen molar-refractivity contribution in [2.45, 2.75) is 30.2 Å². The summed E-state index contributed by atoms with van der Waals surface area (Å²) < 4.78 is 26.8. The molecular weight excluding hydrogens is 324 g/mol. The zero-order chi connectivity index (χ0) is 17.4. The fraction of sp³-hybridized carbons (Fsp3) is 0.353. The third-order valence-electron chi connectivity index (χ3n) is 4.57. The van der Waals surface area contributed by atoms with E-state index in [4.69, 9.17) is 0 Å². The van der Waals surface area contributed by atoms with Gasteiger partial charge in [-0.3, -0.25) is 0 Å². The normalized spacial score (nSPS) is 17.2. The summed E-state index contributed by atoms with van der Waals surface area (Å²) in [7, 11) is -2.38. The molecule has 0 N–H and O–H groups in total. The average molecular weight is 342 g/mol. The van der Waals surface area contributed by atoms with Crippen LogP contribution in [-0.4, -0.2) is 35.3 Å². The molecule has 1 heterocycles. The Morgan fingerprint density at radius 3 is 2.29 bits per heavy atom. The Morgan fingerprint density at radius 2 is 1.79 bits per heavy atom. The van der Waals surface area contributed by atoms with Crippen molar-refractivity contribution in [3.8, 4) is 17.5 Å². The third kappa shape index (κ3) is 2.79. The molecule has 6 nitrogen and oxygen atoms in total. The Kier molecular flexibility index (Phi) is 4.11. The minimum absolute atomic E-state index is 0.00759. The van der Waals surface area contributed by atoms with Crippen LogP contribution in [0, 0.1) is 17.2 Å². The van der Waals surface area contributed by atoms with E-state index in [1.54, 1.807) is 6.92 Å². The molecule has 7 heteroatoms. The van der Waals surface area contributed by atoms with Crippen molar-refractivity contribution in [3.05, 3.63) is 42.7 Å². The van der Waals surface area contributed by atoms with Gasteiger partial charge in [0.2, 0.25) is 10.0 Å². The summed E-state index contributed by atoms with van der Waals surface area (Å²) >= 11 is 0. The lowest BCUT2D eigenvalue weighted by Crippen LogP contribution is -2.47. The number of sulfonamides is 1. The standard InChI is InChI=1S/C17H18N4O2S/c1-17(12-18,14-8-9-14)21(2)24(22,23)15-10-19-16(20-11-15)13-6-4-3-5-7-13/h3-7,10-11,14H,8-9H2,1-2H3/t17-/m0/s1. The van der Waals surface area contributed by atoms with Gasteiger partial charge in [0.25, 0.3) is 0 Å². The molecule has 0 spiro atoms. The molecule has 1 aliphatic rings. The van der Waals surface area contributed by atoms with Crippen molar-refractivity contribution in [1.82, 2.24) is 14.3 Å². The molecule has 1 fully saturated rings. The van der Waals surface area contributed by atoms with Gasteiger partial charge in [-0.2, -0.15) is 9.57 Å². The highest BCUT2D eigenvalue weighted by atomic mass is 32.2. The zero-order valence-corrected chi connectivity index (χ0v) is 14.4. The van der Waals surface area contributed by atoms with Crippen LogP contribution in [0.15, 0.2) is 47.6 Å². The van der Waals surface area contributed by atoms with Gasteiger partial charge in [0.15, 0.2) is 5.82 Å². The molecule has 1 saturated carbocycles. The van der Waals surface area contributed by atoms with E-state index >= 15 is 0 Å². The Morgan fingerprint density at radius 1 is 1.21 bits per heavy atom. The summed E-state index contributed by atoms with van der Waals surface area (Å²) in [4.78, 5) is 8.32. The van der Waals surface area contributed by atoms with Gasteiger partial charge in [-0.15, -0.1) is 0 Å². The molecule has 1 aromatic heterocycles. The van der Waals surface area contributed by atoms with Gasteiger partial charge in [0.1, 0.15) is 10.4 Å². The number of nitriles is 1. The van der Waals surface area contributed by atoms with Crippen molar-refractivity contribution in [3.63, 3.8) is 0 Å². The molecule has 0 saturated heterocycles. The molecule has 24 heavy (non-hydrogen) atoms. The lowest BCUT2D eigenvalue weighted by molar-refractivity contribution is 0.276. The van der Waals surface area contributed by atoms with Gasteiger partial charge < -0.3 is 0 Å². The molecule has 0 aliphatic heterocycles. The van der Waals surface area contributed by atoms with Crippen molar-refractivity contribution < 1.29 is 8.42 Å². The topological polar surface area (TPSA) is 87.0 Å². The summed E-state index contributed by atoms with van der Waals surface area (Å²) in [6.07, 6.45) is 4.33. The molecule has 124 valence electrons.